The van der Waals surface area contributed by atoms with Crippen LogP contribution in [0.15, 0.2) is 73.3 Å². The Balaban J connectivity index is 1.67. The average Bonchev–Trinajstić information content (AvgIpc) is 3.15. The highest BCUT2D eigenvalue weighted by Crippen LogP contribution is 2.17. The first kappa shape index (κ1) is 18.1. The third-order valence-electron chi connectivity index (χ3n) is 4.04. The van der Waals surface area contributed by atoms with Crippen molar-refractivity contribution in [1.29, 1.82) is 0 Å². The van der Waals surface area contributed by atoms with Gasteiger partial charge < -0.3 is 15.7 Å². The molecule has 144 valence electrons. The van der Waals surface area contributed by atoms with Crippen LogP contribution in [0.25, 0.3) is 5.95 Å². The molecule has 2 heterocycles. The van der Waals surface area contributed by atoms with Gasteiger partial charge in [0.1, 0.15) is 0 Å². The number of aromatic nitrogens is 5. The van der Waals surface area contributed by atoms with Crippen LogP contribution in [0.2, 0.25) is 0 Å². The Bertz CT molecular complexity index is 1140. The van der Waals surface area contributed by atoms with Gasteiger partial charge in [0.15, 0.2) is 6.33 Å². The third kappa shape index (κ3) is 4.35. The molecule has 4 aromatic rings. The van der Waals surface area contributed by atoms with Crippen molar-refractivity contribution in [2.75, 3.05) is 10.6 Å². The summed E-state index contributed by atoms with van der Waals surface area (Å²) in [6.45, 7) is 0. The van der Waals surface area contributed by atoms with E-state index in [-0.39, 0.29) is 5.56 Å². The van der Waals surface area contributed by atoms with Crippen molar-refractivity contribution in [2.24, 2.45) is 7.05 Å². The zero-order valence-corrected chi connectivity index (χ0v) is 15.5. The lowest BCUT2D eigenvalue weighted by atomic mass is 10.2. The van der Waals surface area contributed by atoms with Crippen LogP contribution >= 0.6 is 0 Å². The highest BCUT2D eigenvalue weighted by Gasteiger charge is 2.17. The van der Waals surface area contributed by atoms with Gasteiger partial charge in [-0.2, -0.15) is 9.55 Å². The quantitative estimate of drug-likeness (QED) is 0.436. The van der Waals surface area contributed by atoms with Crippen LogP contribution in [0, 0.1) is 0 Å². The Morgan fingerprint density at radius 2 is 1.55 bits per heavy atom. The predicted octanol–water partition coefficient (Wildman–Crippen LogP) is 2.67. The molecular formula is C20H18N7O2+. The summed E-state index contributed by atoms with van der Waals surface area (Å²) in [6.07, 6.45) is 5.56. The summed E-state index contributed by atoms with van der Waals surface area (Å²) in [5.74, 6) is 0.160. The molecular weight excluding hydrogens is 370 g/mol. The number of nitrogens with one attached hydrogen (secondary N) is 2. The van der Waals surface area contributed by atoms with Crippen LogP contribution in [-0.4, -0.2) is 30.6 Å². The van der Waals surface area contributed by atoms with Gasteiger partial charge in [0, 0.05) is 18.4 Å². The van der Waals surface area contributed by atoms with Gasteiger partial charge in [0.25, 0.3) is 11.9 Å². The molecule has 0 unspecified atom stereocenters. The topological polar surface area (TPSA) is 109 Å². The molecule has 0 atom stereocenters. The van der Waals surface area contributed by atoms with Crippen LogP contribution in [0.3, 0.4) is 0 Å². The lowest BCUT2D eigenvalue weighted by Crippen LogP contribution is -2.31. The van der Waals surface area contributed by atoms with Crippen molar-refractivity contribution in [1.82, 2.24) is 19.5 Å². The summed E-state index contributed by atoms with van der Waals surface area (Å²) in [5.41, 5.74) is 1.72. The molecule has 9 nitrogen and oxygen atoms in total. The lowest BCUT2D eigenvalue weighted by Gasteiger charge is -2.06. The Labute approximate surface area is 166 Å². The van der Waals surface area contributed by atoms with E-state index in [0.29, 0.717) is 23.5 Å². The summed E-state index contributed by atoms with van der Waals surface area (Å²) >= 11 is 0. The maximum atomic E-state index is 11.0. The lowest BCUT2D eigenvalue weighted by molar-refractivity contribution is -0.602. The van der Waals surface area contributed by atoms with Gasteiger partial charge in [-0.3, -0.25) is 4.57 Å². The largest absolute Gasteiger partial charge is 0.478 e. The fraction of sp³-hybridized carbons (Fsp3) is 0.0500. The van der Waals surface area contributed by atoms with Gasteiger partial charge in [0.2, 0.25) is 0 Å². The molecule has 0 fully saturated rings. The van der Waals surface area contributed by atoms with E-state index in [1.807, 2.05) is 60.7 Å². The molecule has 2 aromatic heterocycles. The van der Waals surface area contributed by atoms with Crippen LogP contribution in [0.5, 0.6) is 0 Å². The Hall–Kier alpha value is -4.27. The maximum Gasteiger partial charge on any atom is 0.396 e. The molecule has 0 saturated carbocycles. The van der Waals surface area contributed by atoms with E-state index in [9.17, 15) is 4.79 Å². The standard InChI is InChI=1S/C20H17N7O2/c1-26-11-12-27(13-26)20-24-18(21-15-5-3-2-4-6-15)23-19(25-20)22-16-9-7-14(8-10-16)17(28)29/h2-13H,1H3,(H2-,21,22,23,24,25,28,29)/p+1. The van der Waals surface area contributed by atoms with Crippen LogP contribution in [-0.2, 0) is 7.05 Å². The summed E-state index contributed by atoms with van der Waals surface area (Å²) < 4.78 is 3.66. The van der Waals surface area contributed by atoms with Gasteiger partial charge in [-0.1, -0.05) is 28.2 Å². The van der Waals surface area contributed by atoms with Gasteiger partial charge in [-0.05, 0) is 36.4 Å². The molecule has 0 amide bonds. The first-order valence-corrected chi connectivity index (χ1v) is 8.79. The van der Waals surface area contributed by atoms with E-state index in [4.69, 9.17) is 5.11 Å². The van der Waals surface area contributed by atoms with Gasteiger partial charge >= 0.3 is 11.9 Å². The molecule has 9 heteroatoms. The first-order chi connectivity index (χ1) is 14.1. The zero-order chi connectivity index (χ0) is 20.2. The first-order valence-electron chi connectivity index (χ1n) is 8.79. The van der Waals surface area contributed by atoms with Gasteiger partial charge in [-0.25, -0.2) is 4.79 Å². The second-order valence-corrected chi connectivity index (χ2v) is 6.27. The van der Waals surface area contributed by atoms with Crippen LogP contribution in [0.4, 0.5) is 23.3 Å². The Morgan fingerprint density at radius 3 is 2.10 bits per heavy atom. The zero-order valence-electron chi connectivity index (χ0n) is 15.5. The molecule has 0 aliphatic rings. The van der Waals surface area contributed by atoms with E-state index < -0.39 is 5.97 Å². The number of aryl methyl sites for hydroxylation is 1. The SMILES string of the molecule is Cn1cc[n+](-c2nc(Nc3ccccc3)nc(Nc3ccc(C(=O)O)cc3)n2)c1. The van der Waals surface area contributed by atoms with Crippen LogP contribution < -0.4 is 15.2 Å². The van der Waals surface area contributed by atoms with E-state index >= 15 is 0 Å². The number of carboxylic acid groups (broad SMARTS) is 1. The molecule has 0 bridgehead atoms. The normalized spacial score (nSPS) is 10.5. The second-order valence-electron chi connectivity index (χ2n) is 6.27. The summed E-state index contributed by atoms with van der Waals surface area (Å²) in [5, 5.41) is 15.3. The van der Waals surface area contributed by atoms with Crippen molar-refractivity contribution in [2.45, 2.75) is 0 Å². The van der Waals surface area contributed by atoms with E-state index in [0.717, 1.165) is 5.69 Å². The monoisotopic (exact) mass is 388 g/mol. The average molecular weight is 388 g/mol. The molecule has 0 aliphatic heterocycles. The van der Waals surface area contributed by atoms with Crippen molar-refractivity contribution in [3.63, 3.8) is 0 Å². The van der Waals surface area contributed by atoms with Gasteiger partial charge in [-0.15, -0.1) is 0 Å². The number of para-hydroxylation sites is 1. The maximum absolute atomic E-state index is 11.0. The fourth-order valence-electron chi connectivity index (χ4n) is 2.64. The van der Waals surface area contributed by atoms with Gasteiger partial charge in [0.05, 0.1) is 18.0 Å². The predicted molar refractivity (Wildman–Crippen MR) is 107 cm³/mol. The van der Waals surface area contributed by atoms with E-state index in [1.165, 1.54) is 12.1 Å². The Kier molecular flexibility index (Phi) is 4.85. The molecule has 29 heavy (non-hydrogen) atoms. The minimum atomic E-state index is -0.978. The number of anilines is 4. The number of aromatic carboxylic acids is 1. The fourth-order valence-corrected chi connectivity index (χ4v) is 2.64. The third-order valence-corrected chi connectivity index (χ3v) is 4.04. The minimum Gasteiger partial charge on any atom is -0.478 e. The number of carbonyl (C=O) groups is 1. The summed E-state index contributed by atoms with van der Waals surface area (Å²) in [6, 6.07) is 15.9. The summed E-state index contributed by atoms with van der Waals surface area (Å²) in [4.78, 5) is 24.4. The number of nitrogens with zero attached hydrogens (tertiary/aromatic N) is 5. The molecule has 0 radical (unpaired) electrons. The highest BCUT2D eigenvalue weighted by molar-refractivity contribution is 5.88. The number of rotatable bonds is 6. The van der Waals surface area contributed by atoms with Crippen molar-refractivity contribution in [3.8, 4) is 5.95 Å². The molecule has 0 spiro atoms. The highest BCUT2D eigenvalue weighted by atomic mass is 16.4. The summed E-state index contributed by atoms with van der Waals surface area (Å²) in [7, 11) is 1.91. The number of hydrogen-bond donors (Lipinski definition) is 3. The Morgan fingerprint density at radius 1 is 0.931 bits per heavy atom. The van der Waals surface area contributed by atoms with Crippen molar-refractivity contribution < 1.29 is 14.5 Å². The number of hydrogen-bond acceptors (Lipinski definition) is 6. The molecule has 0 saturated heterocycles. The second kappa shape index (κ2) is 7.77. The van der Waals surface area contributed by atoms with E-state index in [1.54, 1.807) is 16.7 Å². The number of carboxylic acids is 1. The number of benzene rings is 2. The molecule has 2 aromatic carbocycles. The van der Waals surface area contributed by atoms with E-state index in [2.05, 4.69) is 25.6 Å². The molecule has 0 aliphatic carbocycles. The smallest absolute Gasteiger partial charge is 0.396 e. The number of imidazole rings is 1. The van der Waals surface area contributed by atoms with Crippen molar-refractivity contribution >= 4 is 29.2 Å². The molecule has 4 rings (SSSR count). The van der Waals surface area contributed by atoms with Crippen LogP contribution in [0.1, 0.15) is 10.4 Å². The minimum absolute atomic E-state index is 0.207. The van der Waals surface area contributed by atoms with Crippen molar-refractivity contribution in [3.05, 3.63) is 78.9 Å². The molecule has 3 N–H and O–H groups in total.